The highest BCUT2D eigenvalue weighted by Gasteiger charge is 2.62. The first-order valence-corrected chi connectivity index (χ1v) is 13.1. The van der Waals surface area contributed by atoms with Crippen molar-refractivity contribution in [3.8, 4) is 0 Å². The number of rotatable bonds is 5. The second-order valence-electron chi connectivity index (χ2n) is 10.3. The van der Waals surface area contributed by atoms with Crippen LogP contribution in [-0.4, -0.2) is 24.4 Å². The second-order valence-corrected chi connectivity index (χ2v) is 10.3. The van der Waals surface area contributed by atoms with Crippen LogP contribution in [0.1, 0.15) is 39.5 Å². The Hall–Kier alpha value is -4.25. The van der Waals surface area contributed by atoms with Crippen LogP contribution in [0.25, 0.3) is 5.57 Å². The van der Waals surface area contributed by atoms with Crippen LogP contribution in [0.5, 0.6) is 0 Å². The molecule has 0 aromatic heterocycles. The van der Waals surface area contributed by atoms with Gasteiger partial charge in [-0.15, -0.1) is 0 Å². The Kier molecular flexibility index (Phi) is 5.87. The third kappa shape index (κ3) is 3.73. The molecular formula is C33H29NO4. The third-order valence-corrected chi connectivity index (χ3v) is 8.00. The van der Waals surface area contributed by atoms with Crippen molar-refractivity contribution in [3.63, 3.8) is 0 Å². The van der Waals surface area contributed by atoms with Gasteiger partial charge < -0.3 is 4.74 Å². The zero-order valence-corrected chi connectivity index (χ0v) is 21.7. The van der Waals surface area contributed by atoms with E-state index in [9.17, 15) is 14.4 Å². The maximum Gasteiger partial charge on any atom is 0.338 e. The molecular weight excluding hydrogens is 474 g/mol. The summed E-state index contributed by atoms with van der Waals surface area (Å²) >= 11 is 0. The Balaban J connectivity index is 1.43. The summed E-state index contributed by atoms with van der Waals surface area (Å²) in [5.74, 6) is -2.10. The topological polar surface area (TPSA) is 63.7 Å². The fraction of sp³-hybridized carbons (Fsp3) is 0.242. The first-order chi connectivity index (χ1) is 18.4. The molecule has 0 radical (unpaired) electrons. The number of amides is 2. The van der Waals surface area contributed by atoms with Crippen molar-refractivity contribution in [2.45, 2.75) is 20.8 Å². The molecule has 3 aliphatic rings. The maximum absolute atomic E-state index is 13.9. The van der Waals surface area contributed by atoms with Crippen LogP contribution in [-0.2, 0) is 14.3 Å². The summed E-state index contributed by atoms with van der Waals surface area (Å²) in [6.07, 6.45) is 4.21. The molecule has 38 heavy (non-hydrogen) atoms. The highest BCUT2D eigenvalue weighted by molar-refractivity contribution is 6.23. The minimum Gasteiger partial charge on any atom is -0.462 e. The number of esters is 1. The molecule has 2 aliphatic carbocycles. The van der Waals surface area contributed by atoms with Gasteiger partial charge in [0, 0.05) is 11.8 Å². The number of benzene rings is 3. The number of imide groups is 1. The smallest absolute Gasteiger partial charge is 0.338 e. The molecule has 6 rings (SSSR count). The van der Waals surface area contributed by atoms with E-state index < -0.39 is 17.8 Å². The fourth-order valence-electron chi connectivity index (χ4n) is 6.28. The summed E-state index contributed by atoms with van der Waals surface area (Å²) in [5.41, 5.74) is 7.53. The Morgan fingerprint density at radius 2 is 1.29 bits per heavy atom. The minimum atomic E-state index is -0.471. The first kappa shape index (κ1) is 24.1. The van der Waals surface area contributed by atoms with Crippen LogP contribution < -0.4 is 4.90 Å². The number of hydrogen-bond donors (Lipinski definition) is 0. The van der Waals surface area contributed by atoms with Crippen molar-refractivity contribution in [3.05, 3.63) is 118 Å². The van der Waals surface area contributed by atoms with E-state index in [0.29, 0.717) is 11.3 Å². The highest BCUT2D eigenvalue weighted by Crippen LogP contribution is 2.58. The van der Waals surface area contributed by atoms with Crippen LogP contribution >= 0.6 is 0 Å². The van der Waals surface area contributed by atoms with E-state index in [0.717, 1.165) is 22.3 Å². The molecule has 2 amide bonds. The average molecular weight is 504 g/mol. The molecule has 0 unspecified atom stereocenters. The van der Waals surface area contributed by atoms with Gasteiger partial charge in [0.1, 0.15) is 0 Å². The molecule has 1 aliphatic heterocycles. The quantitative estimate of drug-likeness (QED) is 0.247. The number of carbonyl (C=O) groups is 3. The average Bonchev–Trinajstić information content (AvgIpc) is 3.55. The molecule has 2 bridgehead atoms. The number of anilines is 1. The lowest BCUT2D eigenvalue weighted by molar-refractivity contribution is -0.122. The number of ether oxygens (including phenoxy) is 1. The van der Waals surface area contributed by atoms with E-state index in [1.165, 1.54) is 16.0 Å². The predicted molar refractivity (Wildman–Crippen MR) is 146 cm³/mol. The number of allylic oxidation sites excluding steroid dienone is 3. The zero-order chi connectivity index (χ0) is 26.6. The number of hydrogen-bond acceptors (Lipinski definition) is 4. The molecule has 1 saturated heterocycles. The van der Waals surface area contributed by atoms with Crippen molar-refractivity contribution < 1.29 is 19.1 Å². The molecule has 1 heterocycles. The third-order valence-electron chi connectivity index (χ3n) is 8.00. The molecule has 1 saturated carbocycles. The Morgan fingerprint density at radius 1 is 0.763 bits per heavy atom. The normalized spacial score (nSPS) is 23.2. The number of aryl methyl sites for hydroxylation is 2. The molecule has 5 nitrogen and oxygen atoms in total. The first-order valence-electron chi connectivity index (χ1n) is 13.1. The largest absolute Gasteiger partial charge is 0.462 e. The molecule has 0 N–H and O–H groups in total. The van der Waals surface area contributed by atoms with Crippen LogP contribution in [0.15, 0.2) is 90.5 Å². The maximum atomic E-state index is 13.9. The Labute approximate surface area is 222 Å². The van der Waals surface area contributed by atoms with Crippen molar-refractivity contribution in [2.75, 3.05) is 11.5 Å². The van der Waals surface area contributed by atoms with Gasteiger partial charge in [-0.3, -0.25) is 9.59 Å². The van der Waals surface area contributed by atoms with E-state index in [2.05, 4.69) is 74.5 Å². The van der Waals surface area contributed by atoms with E-state index in [-0.39, 0.29) is 30.3 Å². The van der Waals surface area contributed by atoms with Gasteiger partial charge in [0.2, 0.25) is 11.8 Å². The second kappa shape index (κ2) is 9.25. The Bertz CT molecular complexity index is 1430. The molecule has 0 spiro atoms. The van der Waals surface area contributed by atoms with Gasteiger partial charge in [0.25, 0.3) is 0 Å². The monoisotopic (exact) mass is 503 g/mol. The van der Waals surface area contributed by atoms with Crippen molar-refractivity contribution >= 4 is 29.0 Å². The highest BCUT2D eigenvalue weighted by atomic mass is 16.5. The lowest BCUT2D eigenvalue weighted by atomic mass is 9.85. The Morgan fingerprint density at radius 3 is 1.79 bits per heavy atom. The van der Waals surface area contributed by atoms with E-state index in [1.54, 1.807) is 31.2 Å². The van der Waals surface area contributed by atoms with Crippen molar-refractivity contribution in [1.29, 1.82) is 0 Å². The molecule has 5 heteroatoms. The van der Waals surface area contributed by atoms with E-state index >= 15 is 0 Å². The SMILES string of the molecule is CCOC(=O)c1cccc(N2C(=O)[C@H]3[C@H](C2=O)[C@H]2C=C[C@H]3C2=C(c2ccc(C)cc2)c2ccc(C)cc2)c1. The van der Waals surface area contributed by atoms with E-state index in [1.807, 2.05) is 0 Å². The molecule has 2 fully saturated rings. The number of carbonyl (C=O) groups excluding carboxylic acids is 3. The summed E-state index contributed by atoms with van der Waals surface area (Å²) in [6.45, 7) is 6.13. The molecule has 190 valence electrons. The lowest BCUT2D eigenvalue weighted by Gasteiger charge is -2.22. The van der Waals surface area contributed by atoms with Gasteiger partial charge >= 0.3 is 5.97 Å². The zero-order valence-electron chi connectivity index (χ0n) is 21.7. The lowest BCUT2D eigenvalue weighted by Crippen LogP contribution is -2.33. The van der Waals surface area contributed by atoms with Crippen LogP contribution in [0.4, 0.5) is 5.69 Å². The predicted octanol–water partition coefficient (Wildman–Crippen LogP) is 5.90. The van der Waals surface area contributed by atoms with Gasteiger partial charge in [-0.05, 0) is 61.2 Å². The van der Waals surface area contributed by atoms with Gasteiger partial charge in [-0.1, -0.05) is 77.9 Å². The standard InChI is InChI=1S/C33H29NO4/c1-4-38-33(37)23-6-5-7-24(18-23)34-31(35)29-25-16-17-26(30(29)32(34)36)28(25)27(21-12-8-19(2)9-13-21)22-14-10-20(3)11-15-22/h5-18,25-26,29-30H,4H2,1-3H3/t25-,26-,29+,30+/m0/s1. The van der Waals surface area contributed by atoms with Gasteiger partial charge in [-0.2, -0.15) is 0 Å². The number of nitrogens with zero attached hydrogens (tertiary/aromatic N) is 1. The summed E-state index contributed by atoms with van der Waals surface area (Å²) in [6, 6.07) is 23.5. The van der Waals surface area contributed by atoms with Crippen LogP contribution in [0, 0.1) is 37.5 Å². The minimum absolute atomic E-state index is 0.155. The van der Waals surface area contributed by atoms with Crippen LogP contribution in [0.3, 0.4) is 0 Å². The van der Waals surface area contributed by atoms with Crippen molar-refractivity contribution in [2.24, 2.45) is 23.7 Å². The van der Waals surface area contributed by atoms with E-state index in [4.69, 9.17) is 4.74 Å². The molecule has 4 atom stereocenters. The summed E-state index contributed by atoms with van der Waals surface area (Å²) in [5, 5.41) is 0. The number of fused-ring (bicyclic) bond motifs is 5. The molecule has 3 aromatic rings. The summed E-state index contributed by atoms with van der Waals surface area (Å²) in [4.78, 5) is 41.3. The van der Waals surface area contributed by atoms with Crippen molar-refractivity contribution in [1.82, 2.24) is 0 Å². The van der Waals surface area contributed by atoms with Crippen LogP contribution in [0.2, 0.25) is 0 Å². The summed E-state index contributed by atoms with van der Waals surface area (Å²) < 4.78 is 5.11. The molecule has 3 aromatic carbocycles. The fourth-order valence-corrected chi connectivity index (χ4v) is 6.28. The van der Waals surface area contributed by atoms with Gasteiger partial charge in [-0.25, -0.2) is 9.69 Å². The van der Waals surface area contributed by atoms with Gasteiger partial charge in [0.05, 0.1) is 29.7 Å². The summed E-state index contributed by atoms with van der Waals surface area (Å²) in [7, 11) is 0. The van der Waals surface area contributed by atoms with Gasteiger partial charge in [0.15, 0.2) is 0 Å².